The SMILES string of the molecule is Cc1[nH]c2c(CN3CCn4nc([C@@H](O)C5CC5)cc4C3)cccc2c1C. The van der Waals surface area contributed by atoms with Gasteiger partial charge < -0.3 is 10.1 Å². The molecule has 1 aliphatic heterocycles. The first-order valence-electron chi connectivity index (χ1n) is 9.64. The van der Waals surface area contributed by atoms with Crippen molar-refractivity contribution >= 4 is 10.9 Å². The molecular weight excluding hydrogens is 324 g/mol. The third kappa shape index (κ3) is 2.66. The van der Waals surface area contributed by atoms with E-state index in [0.29, 0.717) is 5.92 Å². The number of aromatic nitrogens is 3. The maximum absolute atomic E-state index is 10.4. The number of nitrogens with zero attached hydrogens (tertiary/aromatic N) is 3. The predicted molar refractivity (Wildman–Crippen MR) is 102 cm³/mol. The highest BCUT2D eigenvalue weighted by atomic mass is 16.3. The quantitative estimate of drug-likeness (QED) is 0.758. The van der Waals surface area contributed by atoms with Crippen molar-refractivity contribution in [2.24, 2.45) is 5.92 Å². The largest absolute Gasteiger partial charge is 0.386 e. The summed E-state index contributed by atoms with van der Waals surface area (Å²) in [6, 6.07) is 8.70. The summed E-state index contributed by atoms with van der Waals surface area (Å²) < 4.78 is 2.08. The molecule has 5 nitrogen and oxygen atoms in total. The Hall–Kier alpha value is -2.11. The van der Waals surface area contributed by atoms with E-state index in [0.717, 1.165) is 44.7 Å². The number of para-hydroxylation sites is 1. The Kier molecular flexibility index (Phi) is 3.69. The van der Waals surface area contributed by atoms with Crippen molar-refractivity contribution in [3.63, 3.8) is 0 Å². The summed E-state index contributed by atoms with van der Waals surface area (Å²) in [5, 5.41) is 16.3. The molecule has 26 heavy (non-hydrogen) atoms. The lowest BCUT2D eigenvalue weighted by atomic mass is 10.1. The second-order valence-corrected chi connectivity index (χ2v) is 7.99. The van der Waals surface area contributed by atoms with E-state index in [4.69, 9.17) is 0 Å². The lowest BCUT2D eigenvalue weighted by Gasteiger charge is -2.27. The van der Waals surface area contributed by atoms with Crippen molar-refractivity contribution < 1.29 is 5.11 Å². The van der Waals surface area contributed by atoms with E-state index in [-0.39, 0.29) is 6.10 Å². The third-order valence-corrected chi connectivity index (χ3v) is 6.09. The second-order valence-electron chi connectivity index (χ2n) is 7.99. The predicted octanol–water partition coefficient (Wildman–Crippen LogP) is 3.44. The van der Waals surface area contributed by atoms with Crippen LogP contribution in [0, 0.1) is 19.8 Å². The molecule has 0 unspecified atom stereocenters. The fraction of sp³-hybridized carbons (Fsp3) is 0.476. The number of H-pyrrole nitrogens is 1. The van der Waals surface area contributed by atoms with Crippen LogP contribution < -0.4 is 0 Å². The second kappa shape index (κ2) is 5.96. The molecule has 1 fully saturated rings. The lowest BCUT2D eigenvalue weighted by Crippen LogP contribution is -2.33. The molecule has 0 radical (unpaired) electrons. The van der Waals surface area contributed by atoms with Gasteiger partial charge in [-0.25, -0.2) is 0 Å². The highest BCUT2D eigenvalue weighted by Crippen LogP contribution is 2.40. The van der Waals surface area contributed by atoms with Gasteiger partial charge in [-0.3, -0.25) is 9.58 Å². The molecule has 3 aromatic rings. The van der Waals surface area contributed by atoms with Crippen LogP contribution in [0.1, 0.15) is 47.2 Å². The summed E-state index contributed by atoms with van der Waals surface area (Å²) in [6.07, 6.45) is 1.89. The number of aryl methyl sites for hydroxylation is 2. The minimum Gasteiger partial charge on any atom is -0.386 e. The first-order chi connectivity index (χ1) is 12.6. The molecule has 3 heterocycles. The number of fused-ring (bicyclic) bond motifs is 2. The van der Waals surface area contributed by atoms with Crippen LogP contribution in [0.3, 0.4) is 0 Å². The zero-order valence-electron chi connectivity index (χ0n) is 15.5. The van der Waals surface area contributed by atoms with E-state index in [1.54, 1.807) is 0 Å². The maximum atomic E-state index is 10.4. The van der Waals surface area contributed by atoms with E-state index in [9.17, 15) is 5.11 Å². The third-order valence-electron chi connectivity index (χ3n) is 6.09. The standard InChI is InChI=1S/C21H26N4O/c1-13-14(2)22-20-16(4-3-5-18(13)20)11-24-8-9-25-17(12-24)10-19(23-25)21(26)15-6-7-15/h3-5,10,15,21-22,26H,6-9,11-12H2,1-2H3/t21-/m0/s1. The minimum atomic E-state index is -0.375. The number of aromatic amines is 1. The summed E-state index contributed by atoms with van der Waals surface area (Å²) in [7, 11) is 0. The normalized spacial score (nSPS) is 19.0. The van der Waals surface area contributed by atoms with Gasteiger partial charge in [-0.15, -0.1) is 0 Å². The molecule has 0 amide bonds. The molecule has 2 N–H and O–H groups in total. The molecule has 1 atom stereocenters. The van der Waals surface area contributed by atoms with Gasteiger partial charge in [0, 0.05) is 30.7 Å². The average Bonchev–Trinajstić information content (AvgIpc) is 3.34. The van der Waals surface area contributed by atoms with Crippen molar-refractivity contribution in [2.45, 2.75) is 52.4 Å². The smallest absolute Gasteiger partial charge is 0.101 e. The average molecular weight is 350 g/mol. The number of hydrogen-bond donors (Lipinski definition) is 2. The summed E-state index contributed by atoms with van der Waals surface area (Å²) in [5.74, 6) is 0.431. The zero-order chi connectivity index (χ0) is 17.8. The Labute approximate surface area is 153 Å². The maximum Gasteiger partial charge on any atom is 0.101 e. The summed E-state index contributed by atoms with van der Waals surface area (Å²) in [4.78, 5) is 6.04. The Morgan fingerprint density at radius 3 is 2.92 bits per heavy atom. The summed E-state index contributed by atoms with van der Waals surface area (Å²) >= 11 is 0. The molecule has 5 rings (SSSR count). The van der Waals surface area contributed by atoms with Crippen molar-refractivity contribution in [1.82, 2.24) is 19.7 Å². The zero-order valence-corrected chi connectivity index (χ0v) is 15.5. The van der Waals surface area contributed by atoms with E-state index in [1.165, 1.54) is 33.4 Å². The Morgan fingerprint density at radius 2 is 2.12 bits per heavy atom. The van der Waals surface area contributed by atoms with Gasteiger partial charge >= 0.3 is 0 Å². The van der Waals surface area contributed by atoms with E-state index in [1.807, 2.05) is 0 Å². The molecule has 1 saturated carbocycles. The number of aliphatic hydroxyl groups is 1. The van der Waals surface area contributed by atoms with Crippen LogP contribution in [-0.2, 0) is 19.6 Å². The van der Waals surface area contributed by atoms with Gasteiger partial charge in [0.1, 0.15) is 6.10 Å². The fourth-order valence-corrected chi connectivity index (χ4v) is 4.19. The van der Waals surface area contributed by atoms with Gasteiger partial charge in [0.05, 0.1) is 23.4 Å². The van der Waals surface area contributed by atoms with Gasteiger partial charge in [0.2, 0.25) is 0 Å². The van der Waals surface area contributed by atoms with Gasteiger partial charge in [0.25, 0.3) is 0 Å². The van der Waals surface area contributed by atoms with Crippen LogP contribution in [-0.4, -0.2) is 31.3 Å². The van der Waals surface area contributed by atoms with Crippen LogP contribution in [0.5, 0.6) is 0 Å². The first kappa shape index (κ1) is 16.1. The topological polar surface area (TPSA) is 57.1 Å². The molecular formula is C21H26N4O. The minimum absolute atomic E-state index is 0.375. The molecule has 2 aromatic heterocycles. The fourth-order valence-electron chi connectivity index (χ4n) is 4.19. The molecule has 136 valence electrons. The number of nitrogens with one attached hydrogen (secondary N) is 1. The van der Waals surface area contributed by atoms with E-state index < -0.39 is 0 Å². The molecule has 0 spiro atoms. The Balaban J connectivity index is 1.37. The Bertz CT molecular complexity index is 966. The summed E-state index contributed by atoms with van der Waals surface area (Å²) in [6.45, 7) is 8.03. The van der Waals surface area contributed by atoms with Gasteiger partial charge in [0.15, 0.2) is 0 Å². The molecule has 1 aliphatic carbocycles. The van der Waals surface area contributed by atoms with Crippen LogP contribution >= 0.6 is 0 Å². The van der Waals surface area contributed by atoms with Crippen LogP contribution in [0.4, 0.5) is 0 Å². The summed E-state index contributed by atoms with van der Waals surface area (Å²) in [5.41, 5.74) is 7.30. The van der Waals surface area contributed by atoms with Crippen LogP contribution in [0.25, 0.3) is 10.9 Å². The molecule has 1 aromatic carbocycles. The highest BCUT2D eigenvalue weighted by Gasteiger charge is 2.33. The first-order valence-corrected chi connectivity index (χ1v) is 9.64. The van der Waals surface area contributed by atoms with Crippen molar-refractivity contribution in [3.05, 3.63) is 52.5 Å². The number of rotatable bonds is 4. The number of aliphatic hydroxyl groups excluding tert-OH is 1. The van der Waals surface area contributed by atoms with Crippen molar-refractivity contribution in [1.29, 1.82) is 0 Å². The van der Waals surface area contributed by atoms with Crippen LogP contribution in [0.15, 0.2) is 24.3 Å². The van der Waals surface area contributed by atoms with E-state index in [2.05, 4.69) is 57.8 Å². The van der Waals surface area contributed by atoms with E-state index >= 15 is 0 Å². The van der Waals surface area contributed by atoms with Gasteiger partial charge in [-0.1, -0.05) is 18.2 Å². The monoisotopic (exact) mass is 350 g/mol. The highest BCUT2D eigenvalue weighted by molar-refractivity contribution is 5.87. The molecule has 0 bridgehead atoms. The Morgan fingerprint density at radius 1 is 1.27 bits per heavy atom. The number of hydrogen-bond acceptors (Lipinski definition) is 3. The molecule has 5 heteroatoms. The van der Waals surface area contributed by atoms with Crippen LogP contribution in [0.2, 0.25) is 0 Å². The van der Waals surface area contributed by atoms with Crippen molar-refractivity contribution in [3.8, 4) is 0 Å². The van der Waals surface area contributed by atoms with Gasteiger partial charge in [-0.2, -0.15) is 5.10 Å². The van der Waals surface area contributed by atoms with Gasteiger partial charge in [-0.05, 0) is 49.8 Å². The lowest BCUT2D eigenvalue weighted by molar-refractivity contribution is 0.147. The number of benzene rings is 1. The molecule has 0 saturated heterocycles. The van der Waals surface area contributed by atoms with Crippen molar-refractivity contribution in [2.75, 3.05) is 6.54 Å². The molecule has 2 aliphatic rings.